The number of nitrogens with one attached hydrogen (secondary N) is 3. The number of rotatable bonds is 31. The smallest absolute Gasteiger partial charge is 0.217 e. The number of ether oxygens (including phenoxy) is 21. The van der Waals surface area contributed by atoms with E-state index >= 15 is 0 Å². The Morgan fingerprint density at radius 3 is 1.08 bits per heavy atom. The number of carbonyl (C=O) groups excluding carboxylic acids is 3. The molecular weight excluding hydrogens is 1740 g/mol. The van der Waals surface area contributed by atoms with Gasteiger partial charge in [0.15, 0.2) is 69.2 Å². The van der Waals surface area contributed by atoms with Crippen LogP contribution in [0.15, 0.2) is 0 Å². The van der Waals surface area contributed by atoms with Gasteiger partial charge in [-0.15, -0.1) is 0 Å². The van der Waals surface area contributed by atoms with Gasteiger partial charge in [-0.3, -0.25) is 14.4 Å². The monoisotopic (exact) mass is 1860 g/mol. The molecule has 0 spiro atoms. The average molecular weight is 1860 g/mol. The van der Waals surface area contributed by atoms with Crippen LogP contribution in [0.1, 0.15) is 34.6 Å². The Bertz CT molecular complexity index is 3420. The highest BCUT2D eigenvalue weighted by atomic mass is 16.8. The number of aliphatic hydroxyl groups excluding tert-OH is 29. The molecule has 54 atom stereocenters. The van der Waals surface area contributed by atoms with Crippen molar-refractivity contribution in [1.29, 1.82) is 0 Å². The summed E-state index contributed by atoms with van der Waals surface area (Å²) in [4.78, 5) is 39.8. The zero-order valence-electron chi connectivity index (χ0n) is 68.3. The van der Waals surface area contributed by atoms with E-state index < -0.39 is 409 Å². The maximum atomic E-state index is 13.5. The molecule has 0 bridgehead atoms. The Morgan fingerprint density at radius 1 is 0.252 bits per heavy atom. The van der Waals surface area contributed by atoms with Gasteiger partial charge >= 0.3 is 0 Å². The molecule has 0 aromatic carbocycles. The Balaban J connectivity index is 0.988. The van der Waals surface area contributed by atoms with E-state index in [4.69, 9.17) is 99.5 Å². The van der Waals surface area contributed by atoms with Crippen molar-refractivity contribution in [2.24, 2.45) is 0 Å². The minimum Gasteiger partial charge on any atom is -0.394 e. The van der Waals surface area contributed by atoms with Gasteiger partial charge in [-0.1, -0.05) is 0 Å². The summed E-state index contributed by atoms with van der Waals surface area (Å²) in [6.45, 7) is -4.68. The fraction of sp³-hybridized carbons (Fsp3) is 0.958. The van der Waals surface area contributed by atoms with Crippen molar-refractivity contribution in [3.05, 3.63) is 0 Å². The molecule has 736 valence electrons. The molecule has 0 radical (unpaired) electrons. The van der Waals surface area contributed by atoms with E-state index in [1.165, 1.54) is 13.8 Å². The van der Waals surface area contributed by atoms with Crippen molar-refractivity contribution in [2.75, 3.05) is 59.5 Å². The van der Waals surface area contributed by atoms with Crippen LogP contribution < -0.4 is 16.0 Å². The van der Waals surface area contributed by atoms with Crippen LogP contribution in [0.3, 0.4) is 0 Å². The van der Waals surface area contributed by atoms with E-state index in [-0.39, 0.29) is 0 Å². The lowest BCUT2D eigenvalue weighted by Gasteiger charge is -2.52. The predicted molar refractivity (Wildman–Crippen MR) is 388 cm³/mol. The first-order valence-corrected chi connectivity index (χ1v) is 40.8. The van der Waals surface area contributed by atoms with Gasteiger partial charge < -0.3 is 264 Å². The van der Waals surface area contributed by atoms with Crippen molar-refractivity contribution in [2.45, 2.75) is 366 Å². The molecule has 11 heterocycles. The molecule has 32 N–H and O–H groups in total. The van der Waals surface area contributed by atoms with Gasteiger partial charge in [-0.25, -0.2) is 0 Å². The van der Waals surface area contributed by atoms with Crippen molar-refractivity contribution >= 4 is 17.7 Å². The molecule has 0 aromatic rings. The molecular formula is C71H119N3O53. The first-order chi connectivity index (χ1) is 60.0. The minimum absolute atomic E-state index is 0.868. The molecule has 56 heteroatoms. The standard InChI is InChI=1S/C71H119N3O53/c1-15-32(84)42(94)49(101)64(111-15)108-13-27-39(91)56(123-68-52(104)45(97)36(88)22(7-76)115-68)31(74-19(5)82)63(118-27)126-59-47(99)38(90)26(12-109-65-50(102)44(96)35(87)21(6-75)114-65)119-70(59)110-14-28-40(92)58(125-69-53(105)46(98)37(89)23(8-77)116-69)60(127-66-48(100)34(86)20(83)11-107-66)71(120-28)121-54-24(9-78)117-62(29(41(54)93)72-17(3)80)122-55-25(10-79)113-61(106)30(73-18(4)81)57(55)124-67-51(103)43(95)33(85)16(2)112-67/h15-16,20-71,75-79,83-106H,6-14H2,1-5H3,(H,72,80)(H,73,81)(H,74,82)/t15-,16-,20+,21+,22+,23+,24+,25+,26+,27+,28+,29+,30+,31+,32+,33+,34-,35+,36-,37+,38+,39+,40+,41+,42+,43+,44-,45-,46-,47-,48+,49-,50-,51-,52+,53-,54+,55+,56+,57+,58-,59-,60-,61+,62-,63-,64+,65-,66-,67-,68-,69+,70-,71-/m0/s1. The Kier molecular flexibility index (Phi) is 36.8. The molecule has 0 saturated carbocycles. The summed E-state index contributed by atoms with van der Waals surface area (Å²) in [6, 6.07) is -5.98. The summed E-state index contributed by atoms with van der Waals surface area (Å²) >= 11 is 0. The minimum atomic E-state index is -2.58. The van der Waals surface area contributed by atoms with Gasteiger partial charge in [0.2, 0.25) is 17.7 Å². The molecule has 11 aliphatic rings. The van der Waals surface area contributed by atoms with Crippen LogP contribution in [0, 0.1) is 0 Å². The zero-order chi connectivity index (χ0) is 93.2. The van der Waals surface area contributed by atoms with Crippen LogP contribution in [0.4, 0.5) is 0 Å². The summed E-state index contributed by atoms with van der Waals surface area (Å²) < 4.78 is 127. The van der Waals surface area contributed by atoms with E-state index in [1.54, 1.807) is 0 Å². The number of aliphatic hydroxyl groups is 29. The first kappa shape index (κ1) is 104. The number of amides is 3. The topological polar surface area (TPSA) is 868 Å². The van der Waals surface area contributed by atoms with Crippen LogP contribution in [0.25, 0.3) is 0 Å². The zero-order valence-corrected chi connectivity index (χ0v) is 68.3. The lowest BCUT2D eigenvalue weighted by molar-refractivity contribution is -0.407. The van der Waals surface area contributed by atoms with E-state index in [2.05, 4.69) is 16.0 Å². The molecule has 11 fully saturated rings. The first-order valence-electron chi connectivity index (χ1n) is 40.8. The Labute approximate surface area is 719 Å². The van der Waals surface area contributed by atoms with E-state index in [0.717, 1.165) is 20.8 Å². The highest BCUT2D eigenvalue weighted by Crippen LogP contribution is 2.42. The molecule has 3 amide bonds. The van der Waals surface area contributed by atoms with Gasteiger partial charge in [0.25, 0.3) is 0 Å². The van der Waals surface area contributed by atoms with Crippen LogP contribution in [-0.4, -0.2) is 557 Å². The van der Waals surface area contributed by atoms with E-state index in [9.17, 15) is 162 Å². The van der Waals surface area contributed by atoms with Gasteiger partial charge in [-0.05, 0) is 13.8 Å². The largest absolute Gasteiger partial charge is 0.394 e. The third kappa shape index (κ3) is 22.9. The van der Waals surface area contributed by atoms with Crippen molar-refractivity contribution in [3.8, 4) is 0 Å². The molecule has 0 unspecified atom stereocenters. The molecule has 0 aromatic heterocycles. The highest BCUT2D eigenvalue weighted by Gasteiger charge is 2.62. The predicted octanol–water partition coefficient (Wildman–Crippen LogP) is -21.9. The fourth-order valence-electron chi connectivity index (χ4n) is 16.4. The number of hydrogen-bond donors (Lipinski definition) is 32. The van der Waals surface area contributed by atoms with Gasteiger partial charge in [0, 0.05) is 20.8 Å². The van der Waals surface area contributed by atoms with Crippen molar-refractivity contribution in [1.82, 2.24) is 16.0 Å². The molecule has 11 saturated heterocycles. The Hall–Kier alpha value is -3.59. The van der Waals surface area contributed by atoms with Crippen LogP contribution >= 0.6 is 0 Å². The summed E-state index contributed by atoms with van der Waals surface area (Å²) in [5, 5.41) is 332. The van der Waals surface area contributed by atoms with Crippen molar-refractivity contribution in [3.63, 3.8) is 0 Å². The summed E-state index contributed by atoms with van der Waals surface area (Å²) in [7, 11) is 0. The molecule has 11 rings (SSSR count). The number of carbonyl (C=O) groups is 3. The lowest BCUT2D eigenvalue weighted by Crippen LogP contribution is -2.71. The van der Waals surface area contributed by atoms with Gasteiger partial charge in [0.05, 0.1) is 71.7 Å². The van der Waals surface area contributed by atoms with Crippen molar-refractivity contribution < 1.29 is 262 Å². The second-order valence-electron chi connectivity index (χ2n) is 32.6. The van der Waals surface area contributed by atoms with Gasteiger partial charge in [-0.2, -0.15) is 0 Å². The third-order valence-electron chi connectivity index (χ3n) is 23.7. The highest BCUT2D eigenvalue weighted by molar-refractivity contribution is 5.74. The molecule has 0 aliphatic carbocycles. The van der Waals surface area contributed by atoms with Crippen LogP contribution in [0.5, 0.6) is 0 Å². The number of hydrogen-bond acceptors (Lipinski definition) is 53. The maximum Gasteiger partial charge on any atom is 0.217 e. The quantitative estimate of drug-likeness (QED) is 0.0306. The molecule has 56 nitrogen and oxygen atoms in total. The summed E-state index contributed by atoms with van der Waals surface area (Å²) in [5.41, 5.74) is 0. The van der Waals surface area contributed by atoms with E-state index in [0.29, 0.717) is 0 Å². The second-order valence-corrected chi connectivity index (χ2v) is 32.6. The van der Waals surface area contributed by atoms with Crippen LogP contribution in [-0.2, 0) is 114 Å². The third-order valence-corrected chi connectivity index (χ3v) is 23.7. The summed E-state index contributed by atoms with van der Waals surface area (Å²) in [5.74, 6) is -2.95. The lowest BCUT2D eigenvalue weighted by atomic mass is 9.93. The normalized spacial score (nSPS) is 51.4. The fourth-order valence-corrected chi connectivity index (χ4v) is 16.4. The maximum absolute atomic E-state index is 13.5. The SMILES string of the molecule is CC(=O)N[C@@H]1[C@@H](O[C@@H]2O[C@@H](C)[C@@H](O)[C@@H](O)[C@@H]2O)[C@H](O[C@@H]2O[C@H](CO)[C@@H](O[C@@H]3O[C@H](CO[C@H]4O[C@H](CO[C@H]5O[C@H](CO)[C@@H](O)[C@H](O)[C@@H]5O)[C@@H](O)[C@H](O)[C@@H]4O[C@@H]4O[C@H](CO[C@@H]5O[C@@H](C)[C@@H](O)[C@@H](O)[C@@H]5O)[C@@H](O)[C@H](O[C@@H]5O[C@H](CO)[C@H](O)[C@H](O)[C@H]5O)[C@H]4NC(C)=O)[C@@H](O)[C@H](O[C@H]4O[C@H](CO)[C@@H](O)[C@H](O)[C@@H]4O)[C@@H]3O[C@@H]3OC[C@@H](O)[C@H](O)[C@H]3O)[C@H](O)[C@H]2NC(C)=O)[C@@H](CO)O[C@H]1O. The molecule has 11 aliphatic heterocycles. The van der Waals surface area contributed by atoms with Gasteiger partial charge in [0.1, 0.15) is 250 Å². The Morgan fingerprint density at radius 2 is 0.575 bits per heavy atom. The summed E-state index contributed by atoms with van der Waals surface area (Å²) in [6.07, 6.45) is -108. The second kappa shape index (κ2) is 44.9. The van der Waals surface area contributed by atoms with E-state index in [1.807, 2.05) is 0 Å². The van der Waals surface area contributed by atoms with Crippen LogP contribution in [0.2, 0.25) is 0 Å². The average Bonchev–Trinajstić information content (AvgIpc) is 0.761. The molecule has 127 heavy (non-hydrogen) atoms.